The molecule has 0 amide bonds. The second kappa shape index (κ2) is 5.47. The minimum atomic E-state index is -0.0671. The maximum Gasteiger partial charge on any atom is 0.0233 e. The highest BCUT2D eigenvalue weighted by Crippen LogP contribution is 2.32. The molecule has 0 saturated carbocycles. The average Bonchev–Trinajstić information content (AvgIpc) is 2.85. The highest BCUT2D eigenvalue weighted by atomic mass is 15.2. The molecule has 0 radical (unpaired) electrons. The molecule has 0 aliphatic carbocycles. The van der Waals surface area contributed by atoms with Gasteiger partial charge in [0.15, 0.2) is 0 Å². The van der Waals surface area contributed by atoms with Crippen molar-refractivity contribution in [3.8, 4) is 0 Å². The molecule has 2 aliphatic heterocycles. The molecule has 20 heavy (non-hydrogen) atoms. The van der Waals surface area contributed by atoms with Gasteiger partial charge < -0.3 is 10.6 Å². The van der Waals surface area contributed by atoms with Crippen LogP contribution in [-0.4, -0.2) is 48.1 Å². The van der Waals surface area contributed by atoms with E-state index in [4.69, 9.17) is 5.73 Å². The summed E-state index contributed by atoms with van der Waals surface area (Å²) in [5, 5.41) is 0. The van der Waals surface area contributed by atoms with E-state index < -0.39 is 0 Å². The van der Waals surface area contributed by atoms with Crippen molar-refractivity contribution in [2.75, 3.05) is 32.7 Å². The van der Waals surface area contributed by atoms with Crippen LogP contribution in [0, 0.1) is 11.8 Å². The Morgan fingerprint density at radius 2 is 1.55 bits per heavy atom. The van der Waals surface area contributed by atoms with E-state index >= 15 is 0 Å². The molecule has 0 aromatic heterocycles. The maximum absolute atomic E-state index is 6.14. The third-order valence-electron chi connectivity index (χ3n) is 4.52. The van der Waals surface area contributed by atoms with Crippen LogP contribution >= 0.6 is 0 Å². The second-order valence-electron chi connectivity index (χ2n) is 7.38. The zero-order chi connectivity index (χ0) is 14.2. The molecular weight excluding hydrogens is 246 g/mol. The van der Waals surface area contributed by atoms with Crippen molar-refractivity contribution in [1.29, 1.82) is 0 Å². The first-order valence-electron chi connectivity index (χ1n) is 7.77. The van der Waals surface area contributed by atoms with Crippen LogP contribution in [-0.2, 0) is 6.54 Å². The molecule has 0 spiro atoms. The molecule has 2 atom stereocenters. The lowest BCUT2D eigenvalue weighted by molar-refractivity contribution is 0.223. The van der Waals surface area contributed by atoms with Crippen molar-refractivity contribution in [2.24, 2.45) is 17.6 Å². The van der Waals surface area contributed by atoms with E-state index in [1.165, 1.54) is 31.7 Å². The van der Waals surface area contributed by atoms with Gasteiger partial charge in [0.05, 0.1) is 0 Å². The van der Waals surface area contributed by atoms with Crippen LogP contribution in [0.25, 0.3) is 0 Å². The number of nitrogens with two attached hydrogens (primary N) is 1. The lowest BCUT2D eigenvalue weighted by atomic mass is 10.0. The molecular formula is C17H27N3. The summed E-state index contributed by atoms with van der Waals surface area (Å²) in [4.78, 5) is 5.19. The van der Waals surface area contributed by atoms with Crippen LogP contribution in [0.2, 0.25) is 0 Å². The number of benzene rings is 1. The van der Waals surface area contributed by atoms with Crippen molar-refractivity contribution < 1.29 is 0 Å². The molecule has 2 heterocycles. The first kappa shape index (κ1) is 14.1. The summed E-state index contributed by atoms with van der Waals surface area (Å²) in [7, 11) is 0. The van der Waals surface area contributed by atoms with Gasteiger partial charge in [-0.1, -0.05) is 30.3 Å². The SMILES string of the molecule is CC(C)(N)CN1C[C@H]2CN(Cc3ccccc3)C[C@H]2C1. The Labute approximate surface area is 122 Å². The van der Waals surface area contributed by atoms with Crippen molar-refractivity contribution in [3.05, 3.63) is 35.9 Å². The number of fused-ring (bicyclic) bond motifs is 1. The fourth-order valence-corrected chi connectivity index (χ4v) is 3.86. The standard InChI is InChI=1S/C17H27N3/c1-17(2,18)13-20-11-15-9-19(10-16(15)12-20)8-14-6-4-3-5-7-14/h3-7,15-16H,8-13,18H2,1-2H3/t15-,16+. The van der Waals surface area contributed by atoms with Gasteiger partial charge in [0.2, 0.25) is 0 Å². The fraction of sp³-hybridized carbons (Fsp3) is 0.647. The predicted octanol–water partition coefficient (Wildman–Crippen LogP) is 1.79. The molecule has 2 saturated heterocycles. The van der Waals surface area contributed by atoms with Gasteiger partial charge in [0.25, 0.3) is 0 Å². The number of nitrogens with zero attached hydrogens (tertiary/aromatic N) is 2. The first-order valence-corrected chi connectivity index (χ1v) is 7.77. The molecule has 0 unspecified atom stereocenters. The van der Waals surface area contributed by atoms with Gasteiger partial charge in [0.1, 0.15) is 0 Å². The highest BCUT2D eigenvalue weighted by molar-refractivity contribution is 5.15. The Bertz CT molecular complexity index is 423. The topological polar surface area (TPSA) is 32.5 Å². The summed E-state index contributed by atoms with van der Waals surface area (Å²) < 4.78 is 0. The van der Waals surface area contributed by atoms with Crippen LogP contribution in [0.5, 0.6) is 0 Å². The molecule has 2 fully saturated rings. The van der Waals surface area contributed by atoms with E-state index in [9.17, 15) is 0 Å². The number of rotatable bonds is 4. The van der Waals surface area contributed by atoms with E-state index in [1.54, 1.807) is 0 Å². The van der Waals surface area contributed by atoms with E-state index in [0.717, 1.165) is 24.9 Å². The number of likely N-dealkylation sites (tertiary alicyclic amines) is 2. The molecule has 1 aromatic rings. The molecule has 3 rings (SSSR count). The molecule has 110 valence electrons. The van der Waals surface area contributed by atoms with Crippen LogP contribution in [0.15, 0.2) is 30.3 Å². The molecule has 2 N–H and O–H groups in total. The minimum absolute atomic E-state index is 0.0671. The zero-order valence-electron chi connectivity index (χ0n) is 12.8. The molecule has 1 aromatic carbocycles. The lowest BCUT2D eigenvalue weighted by Gasteiger charge is -2.27. The average molecular weight is 273 g/mol. The minimum Gasteiger partial charge on any atom is -0.324 e. The lowest BCUT2D eigenvalue weighted by Crippen LogP contribution is -2.45. The normalized spacial score (nSPS) is 27.9. The smallest absolute Gasteiger partial charge is 0.0233 e. The second-order valence-corrected chi connectivity index (χ2v) is 7.38. The summed E-state index contributed by atoms with van der Waals surface area (Å²) in [6.45, 7) is 11.4. The monoisotopic (exact) mass is 273 g/mol. The van der Waals surface area contributed by atoms with Gasteiger partial charge in [-0.3, -0.25) is 4.90 Å². The predicted molar refractivity (Wildman–Crippen MR) is 83.4 cm³/mol. The van der Waals surface area contributed by atoms with Gasteiger partial charge in [-0.05, 0) is 31.2 Å². The van der Waals surface area contributed by atoms with Crippen molar-refractivity contribution in [3.63, 3.8) is 0 Å². The quantitative estimate of drug-likeness (QED) is 0.908. The zero-order valence-corrected chi connectivity index (χ0v) is 12.8. The van der Waals surface area contributed by atoms with Crippen molar-refractivity contribution >= 4 is 0 Å². The van der Waals surface area contributed by atoms with Gasteiger partial charge in [-0.25, -0.2) is 0 Å². The van der Waals surface area contributed by atoms with Crippen LogP contribution in [0.4, 0.5) is 0 Å². The first-order chi connectivity index (χ1) is 9.49. The van der Waals surface area contributed by atoms with E-state index in [1.807, 2.05) is 0 Å². The molecule has 0 bridgehead atoms. The van der Waals surface area contributed by atoms with E-state index in [-0.39, 0.29) is 5.54 Å². The van der Waals surface area contributed by atoms with Gasteiger partial charge >= 0.3 is 0 Å². The van der Waals surface area contributed by atoms with Crippen molar-refractivity contribution in [1.82, 2.24) is 9.80 Å². The molecule has 3 heteroatoms. The van der Waals surface area contributed by atoms with Gasteiger partial charge in [-0.15, -0.1) is 0 Å². The summed E-state index contributed by atoms with van der Waals surface area (Å²) >= 11 is 0. The fourth-order valence-electron chi connectivity index (χ4n) is 3.86. The third-order valence-corrected chi connectivity index (χ3v) is 4.52. The van der Waals surface area contributed by atoms with E-state index in [2.05, 4.69) is 54.0 Å². The molecule has 2 aliphatic rings. The molecule has 3 nitrogen and oxygen atoms in total. The third kappa shape index (κ3) is 3.40. The largest absolute Gasteiger partial charge is 0.324 e. The van der Waals surface area contributed by atoms with Crippen LogP contribution < -0.4 is 5.73 Å². The Hall–Kier alpha value is -0.900. The van der Waals surface area contributed by atoms with Crippen molar-refractivity contribution in [2.45, 2.75) is 25.9 Å². The van der Waals surface area contributed by atoms with Gasteiger partial charge in [0, 0.05) is 44.8 Å². The van der Waals surface area contributed by atoms with Crippen LogP contribution in [0.3, 0.4) is 0 Å². The Balaban J connectivity index is 1.51. The van der Waals surface area contributed by atoms with Gasteiger partial charge in [-0.2, -0.15) is 0 Å². The summed E-state index contributed by atoms with van der Waals surface area (Å²) in [6, 6.07) is 10.8. The Kier molecular flexibility index (Phi) is 3.85. The Morgan fingerprint density at radius 3 is 2.10 bits per heavy atom. The Morgan fingerprint density at radius 1 is 1.00 bits per heavy atom. The maximum atomic E-state index is 6.14. The summed E-state index contributed by atoms with van der Waals surface area (Å²) in [6.07, 6.45) is 0. The van der Waals surface area contributed by atoms with E-state index in [0.29, 0.717) is 0 Å². The summed E-state index contributed by atoms with van der Waals surface area (Å²) in [5.74, 6) is 1.70. The summed E-state index contributed by atoms with van der Waals surface area (Å²) in [5.41, 5.74) is 7.51. The highest BCUT2D eigenvalue weighted by Gasteiger charge is 2.40. The number of hydrogen-bond donors (Lipinski definition) is 1. The number of hydrogen-bond acceptors (Lipinski definition) is 3. The van der Waals surface area contributed by atoms with Crippen LogP contribution in [0.1, 0.15) is 19.4 Å².